The molecular weight excluding hydrogens is 274 g/mol. The maximum atomic E-state index is 11.7. The van der Waals surface area contributed by atoms with E-state index in [2.05, 4.69) is 12.2 Å². The van der Waals surface area contributed by atoms with Gasteiger partial charge in [0, 0.05) is 18.7 Å². The molecule has 0 unspecified atom stereocenters. The van der Waals surface area contributed by atoms with Crippen LogP contribution < -0.4 is 9.64 Å². The van der Waals surface area contributed by atoms with Crippen molar-refractivity contribution in [3.8, 4) is 5.75 Å². The van der Waals surface area contributed by atoms with Gasteiger partial charge in [0.05, 0.1) is 7.11 Å². The zero-order valence-corrected chi connectivity index (χ0v) is 12.7. The third-order valence-corrected chi connectivity index (χ3v) is 3.86. The lowest BCUT2D eigenvalue weighted by Crippen LogP contribution is -2.23. The second-order valence-electron chi connectivity index (χ2n) is 5.35. The SMILES string of the molecule is COc1ccc(/C=C/c2ccc(N3CCCC3=O)cc2)cc1. The van der Waals surface area contributed by atoms with Crippen LogP contribution in [-0.4, -0.2) is 19.6 Å². The molecule has 0 bridgehead atoms. The molecule has 3 nitrogen and oxygen atoms in total. The minimum Gasteiger partial charge on any atom is -0.497 e. The molecule has 0 aliphatic carbocycles. The van der Waals surface area contributed by atoms with Crippen LogP contribution >= 0.6 is 0 Å². The summed E-state index contributed by atoms with van der Waals surface area (Å²) in [4.78, 5) is 13.6. The van der Waals surface area contributed by atoms with E-state index in [1.165, 1.54) is 0 Å². The molecule has 1 amide bonds. The van der Waals surface area contributed by atoms with Gasteiger partial charge in [0.1, 0.15) is 5.75 Å². The number of methoxy groups -OCH3 is 1. The number of hydrogen-bond donors (Lipinski definition) is 0. The van der Waals surface area contributed by atoms with E-state index in [9.17, 15) is 4.79 Å². The lowest BCUT2D eigenvalue weighted by Gasteiger charge is -2.15. The number of carbonyl (C=O) groups excluding carboxylic acids is 1. The molecule has 0 radical (unpaired) electrons. The van der Waals surface area contributed by atoms with E-state index in [-0.39, 0.29) is 5.91 Å². The molecule has 22 heavy (non-hydrogen) atoms. The van der Waals surface area contributed by atoms with Gasteiger partial charge < -0.3 is 9.64 Å². The third-order valence-electron chi connectivity index (χ3n) is 3.86. The minimum absolute atomic E-state index is 0.224. The van der Waals surface area contributed by atoms with Crippen molar-refractivity contribution in [1.82, 2.24) is 0 Å². The number of hydrogen-bond acceptors (Lipinski definition) is 2. The first kappa shape index (κ1) is 14.4. The Kier molecular flexibility index (Phi) is 4.24. The molecule has 0 N–H and O–H groups in total. The summed E-state index contributed by atoms with van der Waals surface area (Å²) in [5, 5.41) is 0. The Morgan fingerprint density at radius 2 is 1.55 bits per heavy atom. The Bertz CT molecular complexity index is 672. The molecule has 1 fully saturated rings. The highest BCUT2D eigenvalue weighted by atomic mass is 16.5. The fraction of sp³-hybridized carbons (Fsp3) is 0.211. The smallest absolute Gasteiger partial charge is 0.227 e. The summed E-state index contributed by atoms with van der Waals surface area (Å²) >= 11 is 0. The minimum atomic E-state index is 0.224. The quantitative estimate of drug-likeness (QED) is 0.798. The summed E-state index contributed by atoms with van der Waals surface area (Å²) in [6.07, 6.45) is 5.75. The summed E-state index contributed by atoms with van der Waals surface area (Å²) in [5.74, 6) is 1.08. The van der Waals surface area contributed by atoms with Crippen molar-refractivity contribution in [2.75, 3.05) is 18.6 Å². The summed E-state index contributed by atoms with van der Waals surface area (Å²) in [6.45, 7) is 0.833. The van der Waals surface area contributed by atoms with Gasteiger partial charge in [-0.05, 0) is 41.8 Å². The van der Waals surface area contributed by atoms with Crippen LogP contribution in [-0.2, 0) is 4.79 Å². The Morgan fingerprint density at radius 1 is 0.955 bits per heavy atom. The first-order valence-electron chi connectivity index (χ1n) is 7.49. The summed E-state index contributed by atoms with van der Waals surface area (Å²) < 4.78 is 5.15. The lowest BCUT2D eigenvalue weighted by atomic mass is 10.1. The van der Waals surface area contributed by atoms with Crippen molar-refractivity contribution < 1.29 is 9.53 Å². The van der Waals surface area contributed by atoms with Crippen LogP contribution in [0.3, 0.4) is 0 Å². The maximum Gasteiger partial charge on any atom is 0.227 e. The highest BCUT2D eigenvalue weighted by Crippen LogP contribution is 2.22. The average Bonchev–Trinajstić information content (AvgIpc) is 3.00. The average molecular weight is 293 g/mol. The van der Waals surface area contributed by atoms with Crippen LogP contribution in [0.5, 0.6) is 5.75 Å². The topological polar surface area (TPSA) is 29.5 Å². The van der Waals surface area contributed by atoms with Gasteiger partial charge in [0.2, 0.25) is 5.91 Å². The number of carbonyl (C=O) groups is 1. The largest absolute Gasteiger partial charge is 0.497 e. The molecule has 0 saturated carbocycles. The van der Waals surface area contributed by atoms with Crippen molar-refractivity contribution in [1.29, 1.82) is 0 Å². The predicted molar refractivity (Wildman–Crippen MR) is 90.0 cm³/mol. The molecule has 1 aliphatic rings. The summed E-state index contributed by atoms with van der Waals surface area (Å²) in [5.41, 5.74) is 3.23. The molecule has 2 aromatic rings. The normalized spacial score (nSPS) is 14.8. The number of ether oxygens (including phenoxy) is 1. The molecule has 0 spiro atoms. The first-order valence-corrected chi connectivity index (χ1v) is 7.49. The van der Waals surface area contributed by atoms with Crippen LogP contribution in [0.15, 0.2) is 48.5 Å². The Morgan fingerprint density at radius 3 is 2.05 bits per heavy atom. The number of nitrogens with zero attached hydrogens (tertiary/aromatic N) is 1. The molecule has 2 aromatic carbocycles. The lowest BCUT2D eigenvalue weighted by molar-refractivity contribution is -0.117. The van der Waals surface area contributed by atoms with Crippen molar-refractivity contribution in [2.24, 2.45) is 0 Å². The van der Waals surface area contributed by atoms with Crippen LogP contribution in [0.25, 0.3) is 12.2 Å². The second-order valence-corrected chi connectivity index (χ2v) is 5.35. The van der Waals surface area contributed by atoms with E-state index >= 15 is 0 Å². The van der Waals surface area contributed by atoms with Crippen molar-refractivity contribution >= 4 is 23.7 Å². The predicted octanol–water partition coefficient (Wildman–Crippen LogP) is 3.99. The fourth-order valence-corrected chi connectivity index (χ4v) is 2.59. The van der Waals surface area contributed by atoms with Gasteiger partial charge >= 0.3 is 0 Å². The summed E-state index contributed by atoms with van der Waals surface area (Å²) in [7, 11) is 1.66. The standard InChI is InChI=1S/C19H19NO2/c1-22-18-12-8-16(9-13-18)5-4-15-6-10-17(11-7-15)20-14-2-3-19(20)21/h4-13H,2-3,14H2,1H3/b5-4+. The van der Waals surface area contributed by atoms with E-state index in [0.29, 0.717) is 6.42 Å². The van der Waals surface area contributed by atoms with E-state index in [1.54, 1.807) is 7.11 Å². The number of anilines is 1. The van der Waals surface area contributed by atoms with Gasteiger partial charge in [0.25, 0.3) is 0 Å². The van der Waals surface area contributed by atoms with E-state index < -0.39 is 0 Å². The van der Waals surface area contributed by atoms with Gasteiger partial charge in [-0.2, -0.15) is 0 Å². The van der Waals surface area contributed by atoms with Gasteiger partial charge in [-0.3, -0.25) is 4.79 Å². The monoisotopic (exact) mass is 293 g/mol. The Labute approximate surface area is 130 Å². The molecule has 112 valence electrons. The molecule has 3 heteroatoms. The number of benzene rings is 2. The van der Waals surface area contributed by atoms with Gasteiger partial charge in [-0.15, -0.1) is 0 Å². The third kappa shape index (κ3) is 3.19. The molecular formula is C19H19NO2. The van der Waals surface area contributed by atoms with Crippen LogP contribution in [0.1, 0.15) is 24.0 Å². The Balaban J connectivity index is 1.69. The highest BCUT2D eigenvalue weighted by molar-refractivity contribution is 5.95. The van der Waals surface area contributed by atoms with Gasteiger partial charge in [-0.1, -0.05) is 36.4 Å². The Hall–Kier alpha value is -2.55. The van der Waals surface area contributed by atoms with Crippen molar-refractivity contribution in [3.05, 3.63) is 59.7 Å². The zero-order chi connectivity index (χ0) is 15.4. The second kappa shape index (κ2) is 6.48. The summed E-state index contributed by atoms with van der Waals surface area (Å²) in [6, 6.07) is 16.0. The van der Waals surface area contributed by atoms with Crippen LogP contribution in [0.2, 0.25) is 0 Å². The van der Waals surface area contributed by atoms with Crippen molar-refractivity contribution in [2.45, 2.75) is 12.8 Å². The van der Waals surface area contributed by atoms with Crippen LogP contribution in [0.4, 0.5) is 5.69 Å². The number of amides is 1. The molecule has 0 atom stereocenters. The van der Waals surface area contributed by atoms with Crippen molar-refractivity contribution in [3.63, 3.8) is 0 Å². The molecule has 0 aromatic heterocycles. The van der Waals surface area contributed by atoms with E-state index in [4.69, 9.17) is 4.74 Å². The van der Waals surface area contributed by atoms with Gasteiger partial charge in [-0.25, -0.2) is 0 Å². The number of rotatable bonds is 4. The molecule has 1 saturated heterocycles. The molecule has 3 rings (SSSR count). The van der Waals surface area contributed by atoms with E-state index in [0.717, 1.165) is 35.5 Å². The maximum absolute atomic E-state index is 11.7. The first-order chi connectivity index (χ1) is 10.8. The fourth-order valence-electron chi connectivity index (χ4n) is 2.59. The zero-order valence-electron chi connectivity index (χ0n) is 12.7. The van der Waals surface area contributed by atoms with Gasteiger partial charge in [0.15, 0.2) is 0 Å². The molecule has 1 aliphatic heterocycles. The highest BCUT2D eigenvalue weighted by Gasteiger charge is 2.21. The molecule has 1 heterocycles. The van der Waals surface area contributed by atoms with Crippen LogP contribution in [0, 0.1) is 0 Å². The van der Waals surface area contributed by atoms with E-state index in [1.807, 2.05) is 53.4 Å².